The minimum Gasteiger partial charge on any atom is -0.481 e. The third-order valence-electron chi connectivity index (χ3n) is 2.21. The first-order chi connectivity index (χ1) is 7.84. The number of carboxylic acid groups (broad SMARTS) is 2. The molecular formula is C9H9NO7. The molecule has 2 amide bonds. The van der Waals surface area contributed by atoms with Gasteiger partial charge in [-0.25, -0.2) is 4.79 Å². The number of carbonyl (C=O) groups is 5. The van der Waals surface area contributed by atoms with Gasteiger partial charge in [-0.05, 0) is 0 Å². The zero-order valence-electron chi connectivity index (χ0n) is 8.58. The number of hydrogen-bond acceptors (Lipinski definition) is 5. The van der Waals surface area contributed by atoms with E-state index in [-0.39, 0.29) is 12.8 Å². The average Bonchev–Trinajstić information content (AvgIpc) is 2.48. The highest BCUT2D eigenvalue weighted by Crippen LogP contribution is 2.17. The van der Waals surface area contributed by atoms with Crippen molar-refractivity contribution >= 4 is 29.5 Å². The topological polar surface area (TPSA) is 129 Å². The molecule has 17 heavy (non-hydrogen) atoms. The summed E-state index contributed by atoms with van der Waals surface area (Å²) in [6, 6.07) is -2.03. The number of amides is 2. The van der Waals surface area contributed by atoms with E-state index in [2.05, 4.69) is 0 Å². The van der Waals surface area contributed by atoms with Crippen molar-refractivity contribution in [2.45, 2.75) is 25.3 Å². The van der Waals surface area contributed by atoms with Crippen molar-refractivity contribution in [1.29, 1.82) is 0 Å². The molecule has 0 aliphatic carbocycles. The number of likely N-dealkylation sites (tertiary alicyclic amines) is 1. The number of Topliss-reactive ketones (excluding diaryl/α,β-unsaturated/α-hetero) is 1. The molecule has 0 saturated carbocycles. The Morgan fingerprint density at radius 1 is 1.12 bits per heavy atom. The monoisotopic (exact) mass is 243 g/mol. The Hall–Kier alpha value is -2.25. The van der Waals surface area contributed by atoms with Crippen molar-refractivity contribution in [3.8, 4) is 0 Å². The summed E-state index contributed by atoms with van der Waals surface area (Å²) in [5.41, 5.74) is 0. The fourth-order valence-corrected chi connectivity index (χ4v) is 1.52. The van der Waals surface area contributed by atoms with E-state index in [1.54, 1.807) is 0 Å². The van der Waals surface area contributed by atoms with Gasteiger partial charge in [0.05, 0.1) is 0 Å². The molecule has 0 aromatic carbocycles. The number of ketones is 1. The number of aliphatic carboxylic acids is 2. The summed E-state index contributed by atoms with van der Waals surface area (Å²) in [4.78, 5) is 55.4. The maximum Gasteiger partial charge on any atom is 0.334 e. The van der Waals surface area contributed by atoms with E-state index in [9.17, 15) is 24.0 Å². The van der Waals surface area contributed by atoms with Crippen LogP contribution in [0.1, 0.15) is 19.3 Å². The summed E-state index contributed by atoms with van der Waals surface area (Å²) in [7, 11) is 0. The second kappa shape index (κ2) is 4.73. The van der Waals surface area contributed by atoms with Crippen LogP contribution in [0, 0.1) is 0 Å². The molecule has 2 N–H and O–H groups in total. The SMILES string of the molecule is O=C(O)CC(=O)C(C(=O)O)N1C(=O)CCC1=O. The normalized spacial score (nSPS) is 17.1. The molecule has 0 radical (unpaired) electrons. The molecule has 8 nitrogen and oxygen atoms in total. The first-order valence-electron chi connectivity index (χ1n) is 4.66. The Kier molecular flexibility index (Phi) is 3.56. The molecule has 1 aliphatic heterocycles. The first-order valence-corrected chi connectivity index (χ1v) is 4.66. The van der Waals surface area contributed by atoms with E-state index in [0.717, 1.165) is 0 Å². The third-order valence-corrected chi connectivity index (χ3v) is 2.21. The van der Waals surface area contributed by atoms with Crippen LogP contribution < -0.4 is 0 Å². The van der Waals surface area contributed by atoms with E-state index in [4.69, 9.17) is 10.2 Å². The second-order valence-electron chi connectivity index (χ2n) is 3.44. The van der Waals surface area contributed by atoms with Gasteiger partial charge in [0.2, 0.25) is 11.8 Å². The quantitative estimate of drug-likeness (QED) is 0.450. The van der Waals surface area contributed by atoms with Crippen LogP contribution in [0.25, 0.3) is 0 Å². The molecule has 1 heterocycles. The molecule has 0 aromatic rings. The van der Waals surface area contributed by atoms with Crippen LogP contribution in [0.4, 0.5) is 0 Å². The van der Waals surface area contributed by atoms with Gasteiger partial charge in [-0.15, -0.1) is 0 Å². The Morgan fingerprint density at radius 2 is 1.59 bits per heavy atom. The van der Waals surface area contributed by atoms with Crippen molar-refractivity contribution in [1.82, 2.24) is 4.90 Å². The van der Waals surface area contributed by atoms with Crippen molar-refractivity contribution < 1.29 is 34.2 Å². The van der Waals surface area contributed by atoms with Crippen molar-refractivity contribution in [3.05, 3.63) is 0 Å². The fourth-order valence-electron chi connectivity index (χ4n) is 1.52. The van der Waals surface area contributed by atoms with Gasteiger partial charge in [-0.3, -0.25) is 24.1 Å². The summed E-state index contributed by atoms with van der Waals surface area (Å²) < 4.78 is 0. The molecule has 1 aliphatic rings. The molecule has 1 atom stereocenters. The number of nitrogens with zero attached hydrogens (tertiary/aromatic N) is 1. The van der Waals surface area contributed by atoms with E-state index in [0.29, 0.717) is 4.90 Å². The van der Waals surface area contributed by atoms with Crippen LogP contribution in [0.5, 0.6) is 0 Å². The number of imide groups is 1. The fraction of sp³-hybridized carbons (Fsp3) is 0.444. The van der Waals surface area contributed by atoms with Crippen molar-refractivity contribution in [3.63, 3.8) is 0 Å². The van der Waals surface area contributed by atoms with Crippen LogP contribution >= 0.6 is 0 Å². The van der Waals surface area contributed by atoms with Gasteiger partial charge in [-0.2, -0.15) is 0 Å². The molecule has 0 bridgehead atoms. The van der Waals surface area contributed by atoms with Crippen molar-refractivity contribution in [2.24, 2.45) is 0 Å². The van der Waals surface area contributed by atoms with Gasteiger partial charge in [-0.1, -0.05) is 0 Å². The van der Waals surface area contributed by atoms with E-state index < -0.39 is 42.0 Å². The van der Waals surface area contributed by atoms with Gasteiger partial charge in [0.25, 0.3) is 0 Å². The first kappa shape index (κ1) is 12.8. The van der Waals surface area contributed by atoms with E-state index in [1.807, 2.05) is 0 Å². The molecule has 1 saturated heterocycles. The lowest BCUT2D eigenvalue weighted by molar-refractivity contribution is -0.159. The number of hydrogen-bond donors (Lipinski definition) is 2. The van der Waals surface area contributed by atoms with Gasteiger partial charge in [0.1, 0.15) is 6.42 Å². The van der Waals surface area contributed by atoms with Crippen LogP contribution in [0.3, 0.4) is 0 Å². The van der Waals surface area contributed by atoms with Crippen LogP contribution in [-0.4, -0.2) is 50.7 Å². The zero-order chi connectivity index (χ0) is 13.2. The molecular weight excluding hydrogens is 234 g/mol. The van der Waals surface area contributed by atoms with E-state index in [1.165, 1.54) is 0 Å². The molecule has 92 valence electrons. The molecule has 1 fully saturated rings. The van der Waals surface area contributed by atoms with Gasteiger partial charge < -0.3 is 10.2 Å². The smallest absolute Gasteiger partial charge is 0.334 e. The third kappa shape index (κ3) is 2.65. The second-order valence-corrected chi connectivity index (χ2v) is 3.44. The predicted octanol–water partition coefficient (Wildman–Crippen LogP) is -1.37. The highest BCUT2D eigenvalue weighted by molar-refractivity contribution is 6.15. The highest BCUT2D eigenvalue weighted by Gasteiger charge is 2.43. The Bertz CT molecular complexity index is 398. The molecule has 0 aromatic heterocycles. The largest absolute Gasteiger partial charge is 0.481 e. The van der Waals surface area contributed by atoms with Gasteiger partial charge in [0, 0.05) is 12.8 Å². The molecule has 1 rings (SSSR count). The predicted molar refractivity (Wildman–Crippen MR) is 49.8 cm³/mol. The Labute approximate surface area is 94.8 Å². The lowest BCUT2D eigenvalue weighted by Crippen LogP contribution is -2.49. The van der Waals surface area contributed by atoms with Gasteiger partial charge >= 0.3 is 11.9 Å². The minimum atomic E-state index is -2.03. The summed E-state index contributed by atoms with van der Waals surface area (Å²) in [5, 5.41) is 17.2. The minimum absolute atomic E-state index is 0.164. The summed E-state index contributed by atoms with van der Waals surface area (Å²) in [6.45, 7) is 0. The van der Waals surface area contributed by atoms with Gasteiger partial charge in [0.15, 0.2) is 11.8 Å². The Morgan fingerprint density at radius 3 is 1.94 bits per heavy atom. The maximum atomic E-state index is 11.4. The van der Waals surface area contributed by atoms with E-state index >= 15 is 0 Å². The van der Waals surface area contributed by atoms with Crippen LogP contribution in [0.15, 0.2) is 0 Å². The summed E-state index contributed by atoms with van der Waals surface area (Å²) in [5.74, 6) is -5.98. The lowest BCUT2D eigenvalue weighted by atomic mass is 10.1. The maximum absolute atomic E-state index is 11.4. The molecule has 1 unspecified atom stereocenters. The average molecular weight is 243 g/mol. The number of rotatable bonds is 5. The zero-order valence-corrected chi connectivity index (χ0v) is 8.58. The standard InChI is InChI=1S/C9H9NO7/c11-4(3-7(14)15)8(9(16)17)10-5(12)1-2-6(10)13/h8H,1-3H2,(H,14,15)(H,16,17). The van der Waals surface area contributed by atoms with Crippen LogP contribution in [-0.2, 0) is 24.0 Å². The summed E-state index contributed by atoms with van der Waals surface area (Å²) >= 11 is 0. The van der Waals surface area contributed by atoms with Crippen LogP contribution in [0.2, 0.25) is 0 Å². The molecule has 0 spiro atoms. The Balaban J connectivity index is 2.97. The highest BCUT2D eigenvalue weighted by atomic mass is 16.4. The lowest BCUT2D eigenvalue weighted by Gasteiger charge is -2.20. The molecule has 8 heteroatoms. The summed E-state index contributed by atoms with van der Waals surface area (Å²) in [6.07, 6.45) is -1.38. The number of carboxylic acids is 2. The van der Waals surface area contributed by atoms with Crippen molar-refractivity contribution in [2.75, 3.05) is 0 Å². The number of carbonyl (C=O) groups excluding carboxylic acids is 3.